The highest BCUT2D eigenvalue weighted by Crippen LogP contribution is 2.39. The van der Waals surface area contributed by atoms with Crippen LogP contribution >= 0.6 is 0 Å². The molecule has 3 rings (SSSR count). The summed E-state index contributed by atoms with van der Waals surface area (Å²) >= 11 is 0. The molecule has 0 radical (unpaired) electrons. The van der Waals surface area contributed by atoms with E-state index in [0.717, 1.165) is 0 Å². The monoisotopic (exact) mass is 311 g/mol. The van der Waals surface area contributed by atoms with Gasteiger partial charge in [-0.3, -0.25) is 10.7 Å². The van der Waals surface area contributed by atoms with E-state index in [1.165, 1.54) is 17.9 Å². The summed E-state index contributed by atoms with van der Waals surface area (Å²) in [5.41, 5.74) is 1.12. The molecule has 0 amide bonds. The maximum absolute atomic E-state index is 10.5. The van der Waals surface area contributed by atoms with Gasteiger partial charge in [0, 0.05) is 0 Å². The van der Waals surface area contributed by atoms with Crippen molar-refractivity contribution in [3.8, 4) is 0 Å². The first-order valence-electron chi connectivity index (χ1n) is 6.68. The van der Waals surface area contributed by atoms with Crippen LogP contribution in [0.5, 0.6) is 0 Å². The third-order valence-corrected chi connectivity index (χ3v) is 3.93. The first-order chi connectivity index (χ1) is 10.4. The number of aromatic nitrogens is 4. The van der Waals surface area contributed by atoms with Crippen LogP contribution in [0.15, 0.2) is 6.33 Å². The summed E-state index contributed by atoms with van der Waals surface area (Å²) in [5.74, 6) is 0.172. The predicted molar refractivity (Wildman–Crippen MR) is 73.1 cm³/mol. The summed E-state index contributed by atoms with van der Waals surface area (Å²) in [6.07, 6.45) is -2.03. The lowest BCUT2D eigenvalue weighted by atomic mass is 9.97. The maximum Gasteiger partial charge on any atom is 0.183 e. The molecule has 0 bridgehead atoms. The fourth-order valence-corrected chi connectivity index (χ4v) is 2.74. The van der Waals surface area contributed by atoms with Crippen molar-refractivity contribution in [2.45, 2.75) is 37.9 Å². The maximum atomic E-state index is 10.5. The minimum absolute atomic E-state index is 0.172. The van der Waals surface area contributed by atoms with E-state index < -0.39 is 30.6 Å². The fraction of sp³-hybridized carbons (Fsp3) is 0.583. The van der Waals surface area contributed by atoms with Crippen molar-refractivity contribution in [1.82, 2.24) is 19.7 Å². The van der Waals surface area contributed by atoms with Gasteiger partial charge in [-0.05, 0) is 13.8 Å². The van der Waals surface area contributed by atoms with Crippen LogP contribution in [-0.2, 0) is 4.74 Å². The van der Waals surface area contributed by atoms with Crippen LogP contribution in [0.1, 0.15) is 18.8 Å². The number of aryl methyl sites for hydroxylation is 1. The molecule has 2 aromatic heterocycles. The van der Waals surface area contributed by atoms with Crippen LogP contribution in [0.3, 0.4) is 0 Å². The second kappa shape index (κ2) is 5.11. The zero-order valence-electron chi connectivity index (χ0n) is 12.0. The average Bonchev–Trinajstić information content (AvgIpc) is 2.95. The van der Waals surface area contributed by atoms with E-state index >= 15 is 0 Å². The Balaban J connectivity index is 2.15. The Hall–Kier alpha value is -1.85. The normalized spacial score (nSPS) is 31.8. The van der Waals surface area contributed by atoms with Gasteiger partial charge in [0.15, 0.2) is 17.7 Å². The van der Waals surface area contributed by atoms with Crippen molar-refractivity contribution < 1.29 is 25.3 Å². The van der Waals surface area contributed by atoms with Crippen molar-refractivity contribution in [2.75, 3.05) is 12.1 Å². The van der Waals surface area contributed by atoms with E-state index in [-0.39, 0.29) is 5.82 Å². The van der Waals surface area contributed by atoms with Gasteiger partial charge in [0.1, 0.15) is 24.1 Å². The lowest BCUT2D eigenvalue weighted by Crippen LogP contribution is -2.44. The quantitative estimate of drug-likeness (QED) is 0.447. The molecule has 120 valence electrons. The zero-order chi connectivity index (χ0) is 16.1. The highest BCUT2D eigenvalue weighted by Gasteiger charge is 2.53. The van der Waals surface area contributed by atoms with Crippen molar-refractivity contribution in [3.63, 3.8) is 0 Å². The Kier molecular flexibility index (Phi) is 3.50. The predicted octanol–water partition coefficient (Wildman–Crippen LogP) is -1.06. The molecule has 0 saturated carbocycles. The summed E-state index contributed by atoms with van der Waals surface area (Å²) in [7, 11) is 0. The molecule has 5 N–H and O–H groups in total. The number of rotatable bonds is 3. The van der Waals surface area contributed by atoms with Gasteiger partial charge < -0.3 is 20.1 Å². The molecule has 22 heavy (non-hydrogen) atoms. The van der Waals surface area contributed by atoms with E-state index in [4.69, 9.17) is 9.94 Å². The number of nitrogens with zero attached hydrogens (tertiary/aromatic N) is 4. The number of hydrogen-bond acceptors (Lipinski definition) is 9. The number of fused-ring (bicyclic) bond motifs is 1. The SMILES string of the molecule is Cc1nn(C2OC(CO)C(O)[C@@]2(C)O)c2ncnc(NO)c12. The molecule has 10 heteroatoms. The second-order valence-corrected chi connectivity index (χ2v) is 5.44. The highest BCUT2D eigenvalue weighted by atomic mass is 16.6. The molecule has 0 spiro atoms. The Labute approximate surface area is 125 Å². The van der Waals surface area contributed by atoms with Crippen molar-refractivity contribution >= 4 is 16.9 Å². The van der Waals surface area contributed by atoms with E-state index in [2.05, 4.69) is 15.1 Å². The Morgan fingerprint density at radius 3 is 2.77 bits per heavy atom. The minimum atomic E-state index is -1.67. The zero-order valence-corrected chi connectivity index (χ0v) is 12.0. The molecule has 4 atom stereocenters. The number of aliphatic hydroxyl groups is 3. The topological polar surface area (TPSA) is 146 Å². The minimum Gasteiger partial charge on any atom is -0.394 e. The van der Waals surface area contributed by atoms with Crippen LogP contribution in [0, 0.1) is 6.92 Å². The Morgan fingerprint density at radius 2 is 2.18 bits per heavy atom. The average molecular weight is 311 g/mol. The molecule has 1 fully saturated rings. The number of anilines is 1. The summed E-state index contributed by atoms with van der Waals surface area (Å²) < 4.78 is 6.84. The van der Waals surface area contributed by atoms with Crippen LogP contribution in [0.4, 0.5) is 5.82 Å². The van der Waals surface area contributed by atoms with Gasteiger partial charge in [-0.2, -0.15) is 5.10 Å². The molecule has 1 aliphatic rings. The van der Waals surface area contributed by atoms with Crippen molar-refractivity contribution in [1.29, 1.82) is 0 Å². The second-order valence-electron chi connectivity index (χ2n) is 5.44. The van der Waals surface area contributed by atoms with Gasteiger partial charge in [-0.25, -0.2) is 14.6 Å². The van der Waals surface area contributed by atoms with Crippen LogP contribution in [0.25, 0.3) is 11.0 Å². The lowest BCUT2D eigenvalue weighted by molar-refractivity contribution is -0.100. The molecule has 10 nitrogen and oxygen atoms in total. The number of aliphatic hydroxyl groups excluding tert-OH is 2. The largest absolute Gasteiger partial charge is 0.394 e. The molecule has 3 unspecified atom stereocenters. The standard InChI is InChI=1S/C12H17N5O5/c1-5-7-9(16-21)13-4-14-10(7)17(15-5)11-12(2,20)8(19)6(3-18)22-11/h4,6,8,11,18-21H,3H2,1-2H3,(H,13,14,16)/t6?,8?,11?,12-/m1/s1. The van der Waals surface area contributed by atoms with Gasteiger partial charge in [0.05, 0.1) is 17.7 Å². The van der Waals surface area contributed by atoms with Crippen LogP contribution < -0.4 is 5.48 Å². The fourth-order valence-electron chi connectivity index (χ4n) is 2.74. The first-order valence-corrected chi connectivity index (χ1v) is 6.68. The third-order valence-electron chi connectivity index (χ3n) is 3.93. The first kappa shape index (κ1) is 15.1. The van der Waals surface area contributed by atoms with E-state index in [1.807, 2.05) is 5.48 Å². The Bertz CT molecular complexity index is 703. The summed E-state index contributed by atoms with van der Waals surface area (Å²) in [6, 6.07) is 0. The molecule has 0 aliphatic carbocycles. The van der Waals surface area contributed by atoms with Crippen molar-refractivity contribution in [2.24, 2.45) is 0 Å². The van der Waals surface area contributed by atoms with Gasteiger partial charge in [0.25, 0.3) is 0 Å². The van der Waals surface area contributed by atoms with Gasteiger partial charge in [0.2, 0.25) is 0 Å². The van der Waals surface area contributed by atoms with E-state index in [0.29, 0.717) is 16.7 Å². The summed E-state index contributed by atoms with van der Waals surface area (Å²) in [5, 5.41) is 43.7. The van der Waals surface area contributed by atoms with Gasteiger partial charge in [-0.1, -0.05) is 0 Å². The summed E-state index contributed by atoms with van der Waals surface area (Å²) in [4.78, 5) is 7.99. The van der Waals surface area contributed by atoms with E-state index in [1.54, 1.807) is 6.92 Å². The number of hydrogen-bond donors (Lipinski definition) is 5. The van der Waals surface area contributed by atoms with Gasteiger partial charge in [-0.15, -0.1) is 0 Å². The lowest BCUT2D eigenvalue weighted by Gasteiger charge is -2.26. The number of ether oxygens (including phenoxy) is 1. The van der Waals surface area contributed by atoms with Crippen LogP contribution in [0.2, 0.25) is 0 Å². The molecular weight excluding hydrogens is 294 g/mol. The molecule has 1 saturated heterocycles. The van der Waals surface area contributed by atoms with E-state index in [9.17, 15) is 15.3 Å². The molecule has 2 aromatic rings. The summed E-state index contributed by atoms with van der Waals surface area (Å²) in [6.45, 7) is 2.64. The number of nitrogens with one attached hydrogen (secondary N) is 1. The highest BCUT2D eigenvalue weighted by molar-refractivity contribution is 5.88. The van der Waals surface area contributed by atoms with Gasteiger partial charge >= 0.3 is 0 Å². The van der Waals surface area contributed by atoms with Crippen LogP contribution in [-0.4, -0.2) is 64.7 Å². The Morgan fingerprint density at radius 1 is 1.45 bits per heavy atom. The van der Waals surface area contributed by atoms with Crippen molar-refractivity contribution in [3.05, 3.63) is 12.0 Å². The molecule has 0 aromatic carbocycles. The smallest absolute Gasteiger partial charge is 0.183 e. The molecule has 3 heterocycles. The third kappa shape index (κ3) is 1.96. The molecule has 1 aliphatic heterocycles. The molecular formula is C12H17N5O5.